The van der Waals surface area contributed by atoms with E-state index >= 15 is 0 Å². The first-order chi connectivity index (χ1) is 7.41. The smallest absolute Gasteiger partial charge is 0.294 e. The predicted molar refractivity (Wildman–Crippen MR) is 45.0 cm³/mol. The molecule has 4 atom stereocenters. The molecule has 1 rings (SSSR count). The van der Waals surface area contributed by atoms with E-state index in [1.807, 2.05) is 0 Å². The van der Waals surface area contributed by atoms with E-state index in [2.05, 4.69) is 9.68 Å². The second-order valence-corrected chi connectivity index (χ2v) is 3.29. The third-order valence-electron chi connectivity index (χ3n) is 2.29. The Morgan fingerprint density at radius 1 is 0.938 bits per heavy atom. The molecule has 1 saturated carbocycles. The van der Waals surface area contributed by atoms with Crippen molar-refractivity contribution in [3.8, 4) is 0 Å². The fourth-order valence-electron chi connectivity index (χ4n) is 1.56. The molecule has 0 aromatic rings. The van der Waals surface area contributed by atoms with Gasteiger partial charge in [-0.15, -0.1) is 20.2 Å². The van der Waals surface area contributed by atoms with E-state index in [1.54, 1.807) is 0 Å². The van der Waals surface area contributed by atoms with Crippen LogP contribution in [0.4, 0.5) is 0 Å². The molecule has 0 heterocycles. The molecule has 1 fully saturated rings. The molecule has 0 bridgehead atoms. The number of nitrogens with zero attached hydrogens (tertiary/aromatic N) is 2. The van der Waals surface area contributed by atoms with Crippen LogP contribution in [0.25, 0.3) is 0 Å². The van der Waals surface area contributed by atoms with E-state index in [0.29, 0.717) is 0 Å². The van der Waals surface area contributed by atoms with Gasteiger partial charge < -0.3 is 19.9 Å². The Morgan fingerprint density at radius 3 is 1.50 bits per heavy atom. The molecule has 4 unspecified atom stereocenters. The summed E-state index contributed by atoms with van der Waals surface area (Å²) in [6, 6.07) is 0. The van der Waals surface area contributed by atoms with Gasteiger partial charge in [0.2, 0.25) is 0 Å². The second-order valence-electron chi connectivity index (χ2n) is 3.29. The van der Waals surface area contributed by atoms with Gasteiger partial charge in [0.15, 0.2) is 0 Å². The van der Waals surface area contributed by atoms with E-state index in [1.165, 1.54) is 0 Å². The molecular formula is C6H10N2O8. The highest BCUT2D eigenvalue weighted by Crippen LogP contribution is 2.24. The summed E-state index contributed by atoms with van der Waals surface area (Å²) in [5, 5.41) is 36.7. The van der Waals surface area contributed by atoms with Crippen LogP contribution < -0.4 is 0 Å². The largest absolute Gasteiger partial charge is 0.388 e. The molecule has 2 N–H and O–H groups in total. The molecule has 0 aliphatic heterocycles. The third-order valence-corrected chi connectivity index (χ3v) is 2.29. The predicted octanol–water partition coefficient (Wildman–Crippen LogP) is -1.34. The summed E-state index contributed by atoms with van der Waals surface area (Å²) in [5.41, 5.74) is 0. The molecule has 10 heteroatoms. The van der Waals surface area contributed by atoms with Gasteiger partial charge in [-0.2, -0.15) is 0 Å². The minimum atomic E-state index is -1.59. The summed E-state index contributed by atoms with van der Waals surface area (Å²) in [7, 11) is 0. The molecule has 0 aromatic carbocycles. The summed E-state index contributed by atoms with van der Waals surface area (Å²) in [4.78, 5) is 28.3. The minimum Gasteiger partial charge on any atom is -0.388 e. The van der Waals surface area contributed by atoms with Crippen LogP contribution in [0.5, 0.6) is 0 Å². The van der Waals surface area contributed by atoms with Crippen molar-refractivity contribution in [1.82, 2.24) is 0 Å². The summed E-state index contributed by atoms with van der Waals surface area (Å²) < 4.78 is 0. The zero-order valence-electron chi connectivity index (χ0n) is 7.96. The Labute approximate surface area is 88.6 Å². The molecule has 92 valence electrons. The first-order valence-electron chi connectivity index (χ1n) is 4.40. The highest BCUT2D eigenvalue weighted by Gasteiger charge is 2.41. The maximum atomic E-state index is 10.0. The van der Waals surface area contributed by atoms with Gasteiger partial charge in [-0.1, -0.05) is 0 Å². The summed E-state index contributed by atoms with van der Waals surface area (Å²) in [6.07, 6.45) is -5.61. The van der Waals surface area contributed by atoms with Crippen LogP contribution in [0.1, 0.15) is 12.8 Å². The Hall–Kier alpha value is -1.68. The highest BCUT2D eigenvalue weighted by molar-refractivity contribution is 4.88. The molecule has 0 aromatic heterocycles. The van der Waals surface area contributed by atoms with Crippen LogP contribution in [0.2, 0.25) is 0 Å². The zero-order chi connectivity index (χ0) is 12.3. The topological polar surface area (TPSA) is 145 Å². The fraction of sp³-hybridized carbons (Fsp3) is 1.00. The van der Waals surface area contributed by atoms with Gasteiger partial charge in [-0.25, -0.2) is 0 Å². The first kappa shape index (κ1) is 12.4. The van der Waals surface area contributed by atoms with Crippen molar-refractivity contribution in [1.29, 1.82) is 0 Å². The zero-order valence-corrected chi connectivity index (χ0v) is 7.96. The lowest BCUT2D eigenvalue weighted by molar-refractivity contribution is -0.780. The molecule has 0 spiro atoms. The molecular weight excluding hydrogens is 228 g/mol. The third kappa shape index (κ3) is 2.90. The van der Waals surface area contributed by atoms with E-state index in [0.717, 1.165) is 0 Å². The average molecular weight is 238 g/mol. The average Bonchev–Trinajstić information content (AvgIpc) is 2.16. The van der Waals surface area contributed by atoms with Gasteiger partial charge in [0, 0.05) is 0 Å². The minimum absolute atomic E-state index is 0.0162. The van der Waals surface area contributed by atoms with Crippen molar-refractivity contribution >= 4 is 0 Å². The van der Waals surface area contributed by atoms with Gasteiger partial charge in [0.05, 0.1) is 0 Å². The van der Waals surface area contributed by atoms with Gasteiger partial charge in [0.25, 0.3) is 10.2 Å². The number of aliphatic hydroxyl groups excluding tert-OH is 2. The summed E-state index contributed by atoms with van der Waals surface area (Å²) in [5.74, 6) is 0. The fourth-order valence-corrected chi connectivity index (χ4v) is 1.56. The number of hydrogen-bond donors (Lipinski definition) is 2. The van der Waals surface area contributed by atoms with Gasteiger partial charge in [-0.3, -0.25) is 0 Å². The molecule has 0 saturated heterocycles. The van der Waals surface area contributed by atoms with E-state index in [-0.39, 0.29) is 12.8 Å². The van der Waals surface area contributed by atoms with Crippen LogP contribution in [0.15, 0.2) is 0 Å². The first-order valence-corrected chi connectivity index (χ1v) is 4.40. The summed E-state index contributed by atoms with van der Waals surface area (Å²) >= 11 is 0. The quantitative estimate of drug-likeness (QED) is 0.451. The van der Waals surface area contributed by atoms with Crippen molar-refractivity contribution in [3.63, 3.8) is 0 Å². The molecule has 10 nitrogen and oxygen atoms in total. The van der Waals surface area contributed by atoms with Gasteiger partial charge in [0.1, 0.15) is 24.4 Å². The second kappa shape index (κ2) is 4.90. The van der Waals surface area contributed by atoms with Crippen molar-refractivity contribution in [2.75, 3.05) is 0 Å². The molecule has 0 amide bonds. The van der Waals surface area contributed by atoms with E-state index in [9.17, 15) is 30.4 Å². The van der Waals surface area contributed by atoms with Crippen LogP contribution in [-0.4, -0.2) is 44.8 Å². The Balaban J connectivity index is 2.57. The Morgan fingerprint density at radius 2 is 1.25 bits per heavy atom. The van der Waals surface area contributed by atoms with Gasteiger partial charge in [-0.05, 0) is 12.8 Å². The molecule has 1 aliphatic rings. The lowest BCUT2D eigenvalue weighted by Crippen LogP contribution is -2.52. The normalized spacial score (nSPS) is 34.1. The van der Waals surface area contributed by atoms with Crippen molar-refractivity contribution < 1.29 is 30.1 Å². The number of aliphatic hydroxyl groups is 2. The highest BCUT2D eigenvalue weighted by atomic mass is 17.0. The monoisotopic (exact) mass is 238 g/mol. The number of rotatable bonds is 4. The van der Waals surface area contributed by atoms with Crippen LogP contribution in [0, 0.1) is 20.2 Å². The van der Waals surface area contributed by atoms with Gasteiger partial charge >= 0.3 is 0 Å². The maximum Gasteiger partial charge on any atom is 0.294 e. The molecule has 16 heavy (non-hydrogen) atoms. The van der Waals surface area contributed by atoms with Crippen LogP contribution >= 0.6 is 0 Å². The molecule has 0 radical (unpaired) electrons. The van der Waals surface area contributed by atoms with Crippen LogP contribution in [-0.2, 0) is 9.68 Å². The van der Waals surface area contributed by atoms with E-state index < -0.39 is 34.6 Å². The van der Waals surface area contributed by atoms with Crippen molar-refractivity contribution in [2.45, 2.75) is 37.3 Å². The van der Waals surface area contributed by atoms with E-state index in [4.69, 9.17) is 0 Å². The standard InChI is InChI=1S/C6H10N2O8/c9-5-3(15-7(11)12)1-2-4(6(5)10)16-8(13)14/h3-6,9-10H,1-2H2. The SMILES string of the molecule is O=[N+]([O-])OC1CCC(O[N+](=O)[O-])C(O)C1O. The van der Waals surface area contributed by atoms with Crippen molar-refractivity contribution in [3.05, 3.63) is 20.2 Å². The lowest BCUT2D eigenvalue weighted by atomic mass is 9.90. The Kier molecular flexibility index (Phi) is 3.79. The Bertz CT molecular complexity index is 256. The van der Waals surface area contributed by atoms with Crippen LogP contribution in [0.3, 0.4) is 0 Å². The summed E-state index contributed by atoms with van der Waals surface area (Å²) in [6.45, 7) is 0. The lowest BCUT2D eigenvalue weighted by Gasteiger charge is -2.34. The maximum absolute atomic E-state index is 10.0. The number of hydrogen-bond acceptors (Lipinski definition) is 8. The van der Waals surface area contributed by atoms with Crippen molar-refractivity contribution in [2.24, 2.45) is 0 Å². The molecule has 1 aliphatic carbocycles.